The number of rotatable bonds is 7. The molecular formula is C24H26F2N6O4. The van der Waals surface area contributed by atoms with Crippen molar-refractivity contribution in [2.45, 2.75) is 31.5 Å². The highest BCUT2D eigenvalue weighted by Crippen LogP contribution is 2.33. The summed E-state index contributed by atoms with van der Waals surface area (Å²) in [7, 11) is 0. The predicted octanol–water partition coefficient (Wildman–Crippen LogP) is 3.73. The molecule has 0 saturated carbocycles. The van der Waals surface area contributed by atoms with Gasteiger partial charge in [-0.2, -0.15) is 0 Å². The summed E-state index contributed by atoms with van der Waals surface area (Å²) in [5, 5.41) is 16.5. The summed E-state index contributed by atoms with van der Waals surface area (Å²) in [6.07, 6.45) is -0.529. The second-order valence-electron chi connectivity index (χ2n) is 8.98. The number of halogens is 2. The van der Waals surface area contributed by atoms with Gasteiger partial charge in [0.2, 0.25) is 5.91 Å². The second kappa shape index (κ2) is 10.4. The zero-order chi connectivity index (χ0) is 25.9. The number of benzene rings is 2. The van der Waals surface area contributed by atoms with E-state index in [0.29, 0.717) is 42.9 Å². The molecule has 4 rings (SSSR count). The normalized spacial score (nSPS) is 19.0. The molecule has 2 aromatic carbocycles. The van der Waals surface area contributed by atoms with Crippen LogP contribution in [0.1, 0.15) is 19.8 Å². The monoisotopic (exact) mass is 500 g/mol. The van der Waals surface area contributed by atoms with Crippen LogP contribution < -0.4 is 15.1 Å². The number of carbonyl (C=O) groups is 2. The van der Waals surface area contributed by atoms with Gasteiger partial charge in [0.15, 0.2) is 0 Å². The zero-order valence-electron chi connectivity index (χ0n) is 19.7. The van der Waals surface area contributed by atoms with Gasteiger partial charge in [0, 0.05) is 30.5 Å². The smallest absolute Gasteiger partial charge is 0.414 e. The molecule has 2 fully saturated rings. The average Bonchev–Trinajstić information content (AvgIpc) is 3.22. The van der Waals surface area contributed by atoms with Gasteiger partial charge in [-0.3, -0.25) is 9.69 Å². The third-order valence-electron chi connectivity index (χ3n) is 6.44. The van der Waals surface area contributed by atoms with Gasteiger partial charge in [0.25, 0.3) is 0 Å². The molecule has 36 heavy (non-hydrogen) atoms. The van der Waals surface area contributed by atoms with E-state index in [4.69, 9.17) is 10.3 Å². The maximum absolute atomic E-state index is 15.0. The number of hydrogen-bond acceptors (Lipinski definition) is 6. The average molecular weight is 501 g/mol. The van der Waals surface area contributed by atoms with E-state index < -0.39 is 29.4 Å². The number of aliphatic hydroxyl groups is 1. The molecule has 2 saturated heterocycles. The lowest BCUT2D eigenvalue weighted by Crippen LogP contribution is -2.46. The Hall–Kier alpha value is -3.89. The van der Waals surface area contributed by atoms with Crippen LogP contribution in [0.25, 0.3) is 21.6 Å². The first kappa shape index (κ1) is 25.2. The van der Waals surface area contributed by atoms with Crippen molar-refractivity contribution in [2.24, 2.45) is 5.11 Å². The molecule has 0 spiro atoms. The minimum atomic E-state index is -1.10. The summed E-state index contributed by atoms with van der Waals surface area (Å²) in [6, 6.07) is 8.66. The van der Waals surface area contributed by atoms with Crippen molar-refractivity contribution in [3.05, 3.63) is 58.5 Å². The highest BCUT2D eigenvalue weighted by molar-refractivity contribution is 5.90. The number of cyclic esters (lactones) is 1. The van der Waals surface area contributed by atoms with E-state index in [2.05, 4.69) is 15.3 Å². The van der Waals surface area contributed by atoms with Gasteiger partial charge < -0.3 is 20.1 Å². The topological polar surface area (TPSA) is 131 Å². The predicted molar refractivity (Wildman–Crippen MR) is 129 cm³/mol. The molecule has 2 amide bonds. The molecule has 2 heterocycles. The Morgan fingerprint density at radius 3 is 2.64 bits per heavy atom. The van der Waals surface area contributed by atoms with Crippen molar-refractivity contribution < 1.29 is 28.2 Å². The fourth-order valence-corrected chi connectivity index (χ4v) is 4.42. The van der Waals surface area contributed by atoms with Gasteiger partial charge >= 0.3 is 6.09 Å². The lowest BCUT2D eigenvalue weighted by Gasteiger charge is -2.38. The number of nitrogens with one attached hydrogen (secondary N) is 1. The van der Waals surface area contributed by atoms with E-state index in [1.165, 1.54) is 30.0 Å². The van der Waals surface area contributed by atoms with Crippen molar-refractivity contribution >= 4 is 23.4 Å². The number of carbonyl (C=O) groups excluding carboxylic acids is 2. The fraction of sp³-hybridized carbons (Fsp3) is 0.417. The minimum absolute atomic E-state index is 0.0286. The van der Waals surface area contributed by atoms with E-state index in [1.807, 2.05) is 0 Å². The summed E-state index contributed by atoms with van der Waals surface area (Å²) in [4.78, 5) is 29.0. The maximum atomic E-state index is 15.0. The summed E-state index contributed by atoms with van der Waals surface area (Å²) in [5.74, 6) is -1.40. The van der Waals surface area contributed by atoms with Crippen LogP contribution in [0.3, 0.4) is 0 Å². The van der Waals surface area contributed by atoms with Crippen LogP contribution in [0.2, 0.25) is 0 Å². The Kier molecular flexibility index (Phi) is 7.27. The van der Waals surface area contributed by atoms with Crippen molar-refractivity contribution in [1.29, 1.82) is 0 Å². The summed E-state index contributed by atoms with van der Waals surface area (Å²) in [5.41, 5.74) is 8.52. The Balaban J connectivity index is 1.45. The first-order chi connectivity index (χ1) is 17.2. The molecule has 0 aromatic heterocycles. The van der Waals surface area contributed by atoms with E-state index in [1.54, 1.807) is 23.1 Å². The molecule has 0 aliphatic carbocycles. The van der Waals surface area contributed by atoms with E-state index in [0.717, 1.165) is 0 Å². The molecule has 2 aromatic rings. The molecule has 190 valence electrons. The molecule has 10 nitrogen and oxygen atoms in total. The van der Waals surface area contributed by atoms with Crippen LogP contribution in [-0.2, 0) is 9.53 Å². The standard InChI is InChI=1S/C24H26F2N6O4/c1-15(33)28-12-18-13-32(23(34)36-18)17-3-4-19(20(25)11-17)16-2-5-22(21(26)10-16)31-8-6-24(35,7-9-31)14-29-30-27/h2-5,10-11,18,35H,6-9,12-14H2,1H3,(H,28,33)/t18-/m0/s1. The number of anilines is 2. The molecule has 2 aliphatic rings. The van der Waals surface area contributed by atoms with Gasteiger partial charge in [-0.25, -0.2) is 13.6 Å². The summed E-state index contributed by atoms with van der Waals surface area (Å²) in [6.45, 7) is 2.41. The van der Waals surface area contributed by atoms with Crippen LogP contribution in [0, 0.1) is 11.6 Å². The third-order valence-corrected chi connectivity index (χ3v) is 6.44. The molecule has 0 radical (unpaired) electrons. The molecule has 0 unspecified atom stereocenters. The number of ether oxygens (including phenoxy) is 1. The SMILES string of the molecule is CC(=O)NC[C@H]1CN(c2ccc(-c3ccc(N4CCC(O)(CN=[N+]=[N-])CC4)c(F)c3)c(F)c2)C(=O)O1. The lowest BCUT2D eigenvalue weighted by atomic mass is 9.91. The second-order valence-corrected chi connectivity index (χ2v) is 8.98. The maximum Gasteiger partial charge on any atom is 0.414 e. The van der Waals surface area contributed by atoms with Crippen LogP contribution in [0.5, 0.6) is 0 Å². The third kappa shape index (κ3) is 5.50. The van der Waals surface area contributed by atoms with Crippen molar-refractivity contribution in [2.75, 3.05) is 42.5 Å². The first-order valence-electron chi connectivity index (χ1n) is 11.5. The fourth-order valence-electron chi connectivity index (χ4n) is 4.42. The van der Waals surface area contributed by atoms with Crippen molar-refractivity contribution in [3.63, 3.8) is 0 Å². The van der Waals surface area contributed by atoms with Crippen molar-refractivity contribution in [1.82, 2.24) is 5.32 Å². The molecule has 0 bridgehead atoms. The van der Waals surface area contributed by atoms with E-state index in [9.17, 15) is 14.7 Å². The van der Waals surface area contributed by atoms with Crippen LogP contribution in [0.4, 0.5) is 25.0 Å². The molecule has 2 N–H and O–H groups in total. The molecular weight excluding hydrogens is 474 g/mol. The number of nitrogens with zero attached hydrogens (tertiary/aromatic N) is 5. The van der Waals surface area contributed by atoms with Crippen LogP contribution in [-0.4, -0.2) is 61.5 Å². The number of piperidine rings is 1. The van der Waals surface area contributed by atoms with Gasteiger partial charge in [-0.05, 0) is 54.3 Å². The number of hydrogen-bond donors (Lipinski definition) is 2. The molecule has 2 aliphatic heterocycles. The summed E-state index contributed by atoms with van der Waals surface area (Å²) >= 11 is 0. The van der Waals surface area contributed by atoms with Gasteiger partial charge in [0.1, 0.15) is 17.7 Å². The largest absolute Gasteiger partial charge is 0.442 e. The highest BCUT2D eigenvalue weighted by atomic mass is 19.1. The quantitative estimate of drug-likeness (QED) is 0.340. The van der Waals surface area contributed by atoms with Crippen LogP contribution >= 0.6 is 0 Å². The lowest BCUT2D eigenvalue weighted by molar-refractivity contribution is -0.119. The zero-order valence-corrected chi connectivity index (χ0v) is 19.7. The minimum Gasteiger partial charge on any atom is -0.442 e. The summed E-state index contributed by atoms with van der Waals surface area (Å²) < 4.78 is 35.2. The Labute approximate surface area is 206 Å². The van der Waals surface area contributed by atoms with Gasteiger partial charge in [-0.15, -0.1) is 0 Å². The Morgan fingerprint density at radius 2 is 2.00 bits per heavy atom. The van der Waals surface area contributed by atoms with E-state index in [-0.39, 0.29) is 31.1 Å². The number of azide groups is 1. The molecule has 1 atom stereocenters. The van der Waals surface area contributed by atoms with Crippen LogP contribution in [0.15, 0.2) is 41.5 Å². The van der Waals surface area contributed by atoms with E-state index >= 15 is 8.78 Å². The van der Waals surface area contributed by atoms with Gasteiger partial charge in [0.05, 0.1) is 36.6 Å². The highest BCUT2D eigenvalue weighted by Gasteiger charge is 2.34. The molecule has 12 heteroatoms. The Bertz CT molecular complexity index is 1210. The number of amides is 2. The van der Waals surface area contributed by atoms with Crippen molar-refractivity contribution in [3.8, 4) is 11.1 Å². The Morgan fingerprint density at radius 1 is 1.25 bits per heavy atom. The first-order valence-corrected chi connectivity index (χ1v) is 11.5. The van der Waals surface area contributed by atoms with Gasteiger partial charge in [-0.1, -0.05) is 11.2 Å².